The standard InChI is InChI=1S/C19H16N2O2S/c1-12-13(2)23-19(16(12)10-20)21-18(22)11-24-17-9-5-7-14-6-3-4-8-15(14)17/h3-9H,11H2,1-2H3,(H,21,22). The molecule has 0 aliphatic heterocycles. The number of hydrogen-bond donors (Lipinski definition) is 1. The fraction of sp³-hybridized carbons (Fsp3) is 0.158. The van der Waals surface area contributed by atoms with Crippen molar-refractivity contribution in [3.63, 3.8) is 0 Å². The van der Waals surface area contributed by atoms with Gasteiger partial charge in [0.05, 0.1) is 5.75 Å². The zero-order chi connectivity index (χ0) is 17.1. The summed E-state index contributed by atoms with van der Waals surface area (Å²) < 4.78 is 5.47. The summed E-state index contributed by atoms with van der Waals surface area (Å²) in [5, 5.41) is 14.1. The van der Waals surface area contributed by atoms with Crippen LogP contribution in [0, 0.1) is 25.2 Å². The molecule has 0 saturated heterocycles. The van der Waals surface area contributed by atoms with E-state index in [1.54, 1.807) is 13.8 Å². The van der Waals surface area contributed by atoms with E-state index < -0.39 is 0 Å². The molecular weight excluding hydrogens is 320 g/mol. The molecule has 4 nitrogen and oxygen atoms in total. The van der Waals surface area contributed by atoms with E-state index in [0.717, 1.165) is 21.2 Å². The van der Waals surface area contributed by atoms with Crippen LogP contribution >= 0.6 is 11.8 Å². The van der Waals surface area contributed by atoms with Gasteiger partial charge in [0, 0.05) is 10.5 Å². The molecule has 0 fully saturated rings. The SMILES string of the molecule is Cc1oc(NC(=O)CSc2cccc3ccccc23)c(C#N)c1C. The van der Waals surface area contributed by atoms with E-state index in [2.05, 4.69) is 11.4 Å². The lowest BCUT2D eigenvalue weighted by Crippen LogP contribution is -2.14. The topological polar surface area (TPSA) is 66.0 Å². The lowest BCUT2D eigenvalue weighted by molar-refractivity contribution is -0.113. The van der Waals surface area contributed by atoms with Crippen LogP contribution in [0.3, 0.4) is 0 Å². The molecule has 0 aliphatic rings. The predicted octanol–water partition coefficient (Wildman–Crippen LogP) is 4.65. The number of carbonyl (C=O) groups excluding carboxylic acids is 1. The maximum absolute atomic E-state index is 12.2. The Bertz CT molecular complexity index is 948. The number of rotatable bonds is 4. The number of nitriles is 1. The summed E-state index contributed by atoms with van der Waals surface area (Å²) in [5.41, 5.74) is 1.14. The molecule has 1 aromatic heterocycles. The molecule has 3 aromatic rings. The van der Waals surface area contributed by atoms with E-state index in [1.165, 1.54) is 11.8 Å². The van der Waals surface area contributed by atoms with Crippen LogP contribution in [-0.2, 0) is 4.79 Å². The minimum atomic E-state index is -0.196. The number of furan rings is 1. The first-order valence-corrected chi connectivity index (χ1v) is 8.49. The fourth-order valence-electron chi connectivity index (χ4n) is 2.48. The summed E-state index contributed by atoms with van der Waals surface area (Å²) in [5.74, 6) is 0.926. The van der Waals surface area contributed by atoms with Gasteiger partial charge in [-0.2, -0.15) is 5.26 Å². The summed E-state index contributed by atoms with van der Waals surface area (Å²) in [6.07, 6.45) is 0. The molecule has 0 saturated carbocycles. The van der Waals surface area contributed by atoms with Crippen molar-refractivity contribution >= 4 is 34.3 Å². The van der Waals surface area contributed by atoms with Gasteiger partial charge in [-0.15, -0.1) is 11.8 Å². The Morgan fingerprint density at radius 2 is 1.96 bits per heavy atom. The zero-order valence-corrected chi connectivity index (χ0v) is 14.2. The van der Waals surface area contributed by atoms with Crippen molar-refractivity contribution in [3.8, 4) is 6.07 Å². The number of thioether (sulfide) groups is 1. The minimum absolute atomic E-state index is 0.196. The Kier molecular flexibility index (Phi) is 4.59. The normalized spacial score (nSPS) is 10.5. The average Bonchev–Trinajstić information content (AvgIpc) is 2.86. The summed E-state index contributed by atoms with van der Waals surface area (Å²) in [7, 11) is 0. The highest BCUT2D eigenvalue weighted by molar-refractivity contribution is 8.00. The van der Waals surface area contributed by atoms with Crippen molar-refractivity contribution < 1.29 is 9.21 Å². The van der Waals surface area contributed by atoms with Gasteiger partial charge in [0.2, 0.25) is 11.8 Å². The maximum Gasteiger partial charge on any atom is 0.237 e. The third-order valence-corrected chi connectivity index (χ3v) is 4.93. The highest BCUT2D eigenvalue weighted by Crippen LogP contribution is 2.29. The third-order valence-electron chi connectivity index (χ3n) is 3.86. The summed E-state index contributed by atoms with van der Waals surface area (Å²) >= 11 is 1.47. The Balaban J connectivity index is 1.72. The molecule has 1 heterocycles. The van der Waals surface area contributed by atoms with Crippen molar-refractivity contribution in [2.24, 2.45) is 0 Å². The van der Waals surface area contributed by atoms with Crippen molar-refractivity contribution in [1.29, 1.82) is 5.26 Å². The van der Waals surface area contributed by atoms with Crippen molar-refractivity contribution in [1.82, 2.24) is 0 Å². The number of carbonyl (C=O) groups is 1. The first-order valence-electron chi connectivity index (χ1n) is 7.50. The molecule has 0 radical (unpaired) electrons. The van der Waals surface area contributed by atoms with E-state index in [-0.39, 0.29) is 17.5 Å². The van der Waals surface area contributed by atoms with Crippen LogP contribution < -0.4 is 5.32 Å². The highest BCUT2D eigenvalue weighted by Gasteiger charge is 2.16. The summed E-state index contributed by atoms with van der Waals surface area (Å²) in [6.45, 7) is 3.58. The number of nitrogens with zero attached hydrogens (tertiary/aromatic N) is 1. The number of fused-ring (bicyclic) bond motifs is 1. The van der Waals surface area contributed by atoms with E-state index in [4.69, 9.17) is 4.42 Å². The molecule has 0 spiro atoms. The monoisotopic (exact) mass is 336 g/mol. The van der Waals surface area contributed by atoms with Gasteiger partial charge < -0.3 is 4.42 Å². The van der Waals surface area contributed by atoms with Crippen molar-refractivity contribution in [2.75, 3.05) is 11.1 Å². The third kappa shape index (κ3) is 3.15. The molecule has 0 atom stereocenters. The fourth-order valence-corrected chi connectivity index (χ4v) is 3.35. The molecule has 3 rings (SSSR count). The molecule has 1 N–H and O–H groups in total. The van der Waals surface area contributed by atoms with Gasteiger partial charge in [-0.3, -0.25) is 10.1 Å². The second kappa shape index (κ2) is 6.81. The summed E-state index contributed by atoms with van der Waals surface area (Å²) in [6, 6.07) is 16.2. The minimum Gasteiger partial charge on any atom is -0.444 e. The van der Waals surface area contributed by atoms with Gasteiger partial charge in [-0.05, 0) is 30.7 Å². The van der Waals surface area contributed by atoms with Crippen LogP contribution in [-0.4, -0.2) is 11.7 Å². The number of benzene rings is 2. The molecule has 0 aliphatic carbocycles. The number of nitrogens with one attached hydrogen (secondary N) is 1. The van der Waals surface area contributed by atoms with Gasteiger partial charge in [0.25, 0.3) is 0 Å². The van der Waals surface area contributed by atoms with E-state index in [0.29, 0.717) is 11.3 Å². The molecule has 2 aromatic carbocycles. The van der Waals surface area contributed by atoms with E-state index in [9.17, 15) is 10.1 Å². The highest BCUT2D eigenvalue weighted by atomic mass is 32.2. The Hall–Kier alpha value is -2.71. The molecule has 120 valence electrons. The Morgan fingerprint density at radius 3 is 2.75 bits per heavy atom. The molecule has 0 bridgehead atoms. The van der Waals surface area contributed by atoms with Crippen molar-refractivity contribution in [2.45, 2.75) is 18.7 Å². The zero-order valence-electron chi connectivity index (χ0n) is 13.4. The lowest BCUT2D eigenvalue weighted by Gasteiger charge is -2.06. The second-order valence-corrected chi connectivity index (χ2v) is 6.43. The van der Waals surface area contributed by atoms with Gasteiger partial charge in [0.15, 0.2) is 0 Å². The van der Waals surface area contributed by atoms with Crippen LogP contribution in [0.4, 0.5) is 5.88 Å². The van der Waals surface area contributed by atoms with Crippen LogP contribution in [0.2, 0.25) is 0 Å². The van der Waals surface area contributed by atoms with Crippen LogP contribution in [0.15, 0.2) is 51.8 Å². The summed E-state index contributed by atoms with van der Waals surface area (Å²) in [4.78, 5) is 13.3. The molecule has 5 heteroatoms. The van der Waals surface area contributed by atoms with Gasteiger partial charge in [-0.1, -0.05) is 36.4 Å². The molecule has 0 unspecified atom stereocenters. The van der Waals surface area contributed by atoms with E-state index >= 15 is 0 Å². The number of hydrogen-bond acceptors (Lipinski definition) is 4. The first kappa shape index (κ1) is 16.2. The molecule has 1 amide bonds. The van der Waals surface area contributed by atoms with Gasteiger partial charge in [0.1, 0.15) is 17.4 Å². The Labute approximate surface area is 144 Å². The number of amides is 1. The Morgan fingerprint density at radius 1 is 1.21 bits per heavy atom. The smallest absolute Gasteiger partial charge is 0.237 e. The lowest BCUT2D eigenvalue weighted by atomic mass is 10.1. The molecule has 24 heavy (non-hydrogen) atoms. The number of aryl methyl sites for hydroxylation is 1. The quantitative estimate of drug-likeness (QED) is 0.704. The van der Waals surface area contributed by atoms with Gasteiger partial charge in [-0.25, -0.2) is 0 Å². The van der Waals surface area contributed by atoms with Crippen LogP contribution in [0.1, 0.15) is 16.9 Å². The predicted molar refractivity (Wildman–Crippen MR) is 96.2 cm³/mol. The van der Waals surface area contributed by atoms with Crippen molar-refractivity contribution in [3.05, 3.63) is 59.4 Å². The largest absolute Gasteiger partial charge is 0.444 e. The maximum atomic E-state index is 12.2. The number of anilines is 1. The molecular formula is C19H16N2O2S. The van der Waals surface area contributed by atoms with Gasteiger partial charge >= 0.3 is 0 Å². The van der Waals surface area contributed by atoms with Crippen LogP contribution in [0.5, 0.6) is 0 Å². The van der Waals surface area contributed by atoms with Crippen LogP contribution in [0.25, 0.3) is 10.8 Å². The van der Waals surface area contributed by atoms with E-state index in [1.807, 2.05) is 42.5 Å². The average molecular weight is 336 g/mol. The second-order valence-electron chi connectivity index (χ2n) is 5.41. The first-order chi connectivity index (χ1) is 11.6.